The lowest BCUT2D eigenvalue weighted by atomic mass is 10.2. The minimum absolute atomic E-state index is 0.899. The Morgan fingerprint density at radius 3 is 2.59 bits per heavy atom. The molecular weight excluding hydrogens is 356 g/mol. The molecule has 0 bridgehead atoms. The van der Waals surface area contributed by atoms with Crippen molar-refractivity contribution in [1.82, 2.24) is 24.4 Å². The topological polar surface area (TPSA) is 50.1 Å². The number of hydrogen-bond donors (Lipinski definition) is 0. The van der Waals surface area contributed by atoms with E-state index in [1.165, 1.54) is 5.56 Å². The summed E-state index contributed by atoms with van der Waals surface area (Å²) in [4.78, 5) is 18.4. The van der Waals surface area contributed by atoms with Gasteiger partial charge in [-0.3, -0.25) is 9.88 Å². The van der Waals surface area contributed by atoms with Crippen LogP contribution in [0.1, 0.15) is 11.4 Å². The van der Waals surface area contributed by atoms with Crippen LogP contribution in [0.3, 0.4) is 0 Å². The maximum atomic E-state index is 4.82. The van der Waals surface area contributed by atoms with E-state index in [4.69, 9.17) is 4.98 Å². The molecule has 0 radical (unpaired) electrons. The summed E-state index contributed by atoms with van der Waals surface area (Å²) < 4.78 is 2.09. The van der Waals surface area contributed by atoms with Gasteiger partial charge >= 0.3 is 0 Å². The summed E-state index contributed by atoms with van der Waals surface area (Å²) in [6.45, 7) is 4.85. The lowest BCUT2D eigenvalue weighted by Crippen LogP contribution is -2.46. The van der Waals surface area contributed by atoms with Gasteiger partial charge in [0.05, 0.1) is 18.9 Å². The van der Waals surface area contributed by atoms with Gasteiger partial charge in [-0.2, -0.15) is 0 Å². The van der Waals surface area contributed by atoms with Crippen molar-refractivity contribution in [2.75, 3.05) is 31.1 Å². The first-order chi connectivity index (χ1) is 13.3. The van der Waals surface area contributed by atoms with Gasteiger partial charge < -0.3 is 9.47 Å². The fourth-order valence-electron chi connectivity index (χ4n) is 3.18. The molecule has 0 atom stereocenters. The average Bonchev–Trinajstić information content (AvgIpc) is 3.12. The number of anilines is 1. The maximum absolute atomic E-state index is 4.82. The molecule has 1 aliphatic heterocycles. The summed E-state index contributed by atoms with van der Waals surface area (Å²) in [6, 6.07) is 10.5. The molecule has 0 amide bonds. The van der Waals surface area contributed by atoms with E-state index in [9.17, 15) is 0 Å². The predicted molar refractivity (Wildman–Crippen MR) is 109 cm³/mol. The molecule has 1 aromatic carbocycles. The summed E-state index contributed by atoms with van der Waals surface area (Å²) in [5.74, 6) is 3.00. The summed E-state index contributed by atoms with van der Waals surface area (Å²) in [5.41, 5.74) is 1.30. The van der Waals surface area contributed by atoms with Gasteiger partial charge in [-0.25, -0.2) is 9.97 Å². The summed E-state index contributed by atoms with van der Waals surface area (Å²) in [5, 5.41) is 0.979. The molecule has 0 N–H and O–H groups in total. The van der Waals surface area contributed by atoms with E-state index in [-0.39, 0.29) is 0 Å². The SMILES string of the molecule is Cn1ccnc1CN1CCN(c2cncc(SCc3ccccc3)n2)CC1. The van der Waals surface area contributed by atoms with Crippen LogP contribution in [-0.4, -0.2) is 50.6 Å². The Balaban J connectivity index is 1.32. The lowest BCUT2D eigenvalue weighted by Gasteiger charge is -2.35. The summed E-state index contributed by atoms with van der Waals surface area (Å²) in [6.07, 6.45) is 7.59. The van der Waals surface area contributed by atoms with Gasteiger partial charge in [0, 0.05) is 51.4 Å². The molecule has 3 aromatic rings. The van der Waals surface area contributed by atoms with E-state index in [0.29, 0.717) is 0 Å². The molecule has 0 aliphatic carbocycles. The Labute approximate surface area is 164 Å². The molecule has 6 nitrogen and oxygen atoms in total. The van der Waals surface area contributed by atoms with Gasteiger partial charge in [-0.1, -0.05) is 30.3 Å². The van der Waals surface area contributed by atoms with Crippen molar-refractivity contribution >= 4 is 17.6 Å². The van der Waals surface area contributed by atoms with Gasteiger partial charge in [0.15, 0.2) is 0 Å². The van der Waals surface area contributed by atoms with E-state index < -0.39 is 0 Å². The van der Waals surface area contributed by atoms with E-state index >= 15 is 0 Å². The molecule has 3 heterocycles. The molecule has 1 fully saturated rings. The second kappa shape index (κ2) is 8.54. The summed E-state index contributed by atoms with van der Waals surface area (Å²) in [7, 11) is 2.05. The minimum Gasteiger partial charge on any atom is -0.353 e. The Morgan fingerprint density at radius 2 is 1.85 bits per heavy atom. The van der Waals surface area contributed by atoms with E-state index in [1.54, 1.807) is 11.8 Å². The molecule has 7 heteroatoms. The van der Waals surface area contributed by atoms with Crippen molar-refractivity contribution in [3.8, 4) is 0 Å². The summed E-state index contributed by atoms with van der Waals surface area (Å²) >= 11 is 1.73. The van der Waals surface area contributed by atoms with Crippen LogP contribution in [0.25, 0.3) is 0 Å². The van der Waals surface area contributed by atoms with Crippen LogP contribution in [0, 0.1) is 0 Å². The Kier molecular flexibility index (Phi) is 5.69. The van der Waals surface area contributed by atoms with Crippen LogP contribution in [0.15, 0.2) is 60.1 Å². The molecule has 0 saturated carbocycles. The molecule has 140 valence electrons. The molecule has 27 heavy (non-hydrogen) atoms. The van der Waals surface area contributed by atoms with Crippen LogP contribution >= 0.6 is 11.8 Å². The second-order valence-corrected chi connectivity index (χ2v) is 7.70. The van der Waals surface area contributed by atoms with E-state index in [1.807, 2.05) is 37.9 Å². The van der Waals surface area contributed by atoms with Crippen molar-refractivity contribution in [1.29, 1.82) is 0 Å². The smallest absolute Gasteiger partial charge is 0.148 e. The van der Waals surface area contributed by atoms with Crippen molar-refractivity contribution in [2.24, 2.45) is 7.05 Å². The number of nitrogens with zero attached hydrogens (tertiary/aromatic N) is 6. The fraction of sp³-hybridized carbons (Fsp3) is 0.350. The van der Waals surface area contributed by atoms with Crippen LogP contribution in [0.2, 0.25) is 0 Å². The van der Waals surface area contributed by atoms with Gasteiger partial charge in [0.1, 0.15) is 16.7 Å². The molecule has 0 unspecified atom stereocenters. The predicted octanol–water partition coefficient (Wildman–Crippen LogP) is 2.82. The van der Waals surface area contributed by atoms with Gasteiger partial charge in [0.25, 0.3) is 0 Å². The third kappa shape index (κ3) is 4.67. The maximum Gasteiger partial charge on any atom is 0.148 e. The number of aryl methyl sites for hydroxylation is 1. The highest BCUT2D eigenvalue weighted by Crippen LogP contribution is 2.23. The van der Waals surface area contributed by atoms with Gasteiger partial charge in [-0.05, 0) is 5.56 Å². The molecule has 1 aliphatic rings. The lowest BCUT2D eigenvalue weighted by molar-refractivity contribution is 0.241. The second-order valence-electron chi connectivity index (χ2n) is 6.71. The Bertz CT molecular complexity index is 858. The number of thioether (sulfide) groups is 1. The van der Waals surface area contributed by atoms with Crippen LogP contribution in [-0.2, 0) is 19.3 Å². The zero-order valence-electron chi connectivity index (χ0n) is 15.5. The highest BCUT2D eigenvalue weighted by atomic mass is 32.2. The van der Waals surface area contributed by atoms with E-state index in [0.717, 1.165) is 55.1 Å². The number of rotatable bonds is 6. The third-order valence-corrected chi connectivity index (χ3v) is 5.78. The molecule has 1 saturated heterocycles. The van der Waals surface area contributed by atoms with Crippen molar-refractivity contribution in [2.45, 2.75) is 17.3 Å². The van der Waals surface area contributed by atoms with Crippen LogP contribution < -0.4 is 4.90 Å². The van der Waals surface area contributed by atoms with Crippen molar-refractivity contribution in [3.63, 3.8) is 0 Å². The number of benzene rings is 1. The first-order valence-electron chi connectivity index (χ1n) is 9.20. The van der Waals surface area contributed by atoms with E-state index in [2.05, 4.69) is 48.6 Å². The Morgan fingerprint density at radius 1 is 1.04 bits per heavy atom. The number of hydrogen-bond acceptors (Lipinski definition) is 6. The standard InChI is InChI=1S/C20H24N6S/c1-24-8-7-22-19(24)15-25-9-11-26(12-10-25)18-13-21-14-20(23-18)27-16-17-5-3-2-4-6-17/h2-8,13-14H,9-12,15-16H2,1H3. The monoisotopic (exact) mass is 380 g/mol. The first kappa shape index (κ1) is 18.0. The molecule has 2 aromatic heterocycles. The Hall–Kier alpha value is -2.38. The van der Waals surface area contributed by atoms with Gasteiger partial charge in [-0.15, -0.1) is 11.8 Å². The largest absolute Gasteiger partial charge is 0.353 e. The van der Waals surface area contributed by atoms with Gasteiger partial charge in [0.2, 0.25) is 0 Å². The molecular formula is C20H24N6S. The number of piperazine rings is 1. The molecule has 4 rings (SSSR count). The first-order valence-corrected chi connectivity index (χ1v) is 10.2. The number of aromatic nitrogens is 4. The zero-order valence-corrected chi connectivity index (χ0v) is 16.3. The quantitative estimate of drug-likeness (QED) is 0.613. The highest BCUT2D eigenvalue weighted by molar-refractivity contribution is 7.98. The minimum atomic E-state index is 0.899. The molecule has 0 spiro atoms. The highest BCUT2D eigenvalue weighted by Gasteiger charge is 2.19. The average molecular weight is 381 g/mol. The van der Waals surface area contributed by atoms with Crippen molar-refractivity contribution in [3.05, 3.63) is 66.5 Å². The fourth-order valence-corrected chi connectivity index (χ4v) is 3.98. The van der Waals surface area contributed by atoms with Crippen LogP contribution in [0.5, 0.6) is 0 Å². The normalized spacial score (nSPS) is 15.2. The van der Waals surface area contributed by atoms with Crippen LogP contribution in [0.4, 0.5) is 5.82 Å². The zero-order chi connectivity index (χ0) is 18.5. The third-order valence-electron chi connectivity index (χ3n) is 4.81. The van der Waals surface area contributed by atoms with Crippen molar-refractivity contribution < 1.29 is 0 Å². The number of imidazole rings is 1.